The van der Waals surface area contributed by atoms with E-state index >= 15 is 0 Å². The van der Waals surface area contributed by atoms with Gasteiger partial charge in [-0.25, -0.2) is 4.98 Å². The summed E-state index contributed by atoms with van der Waals surface area (Å²) in [5, 5.41) is 0. The number of aromatic nitrogens is 2. The lowest BCUT2D eigenvalue weighted by atomic mass is 10.0. The average Bonchev–Trinajstić information content (AvgIpc) is 3.07. The molecule has 150 valence electrons. The lowest BCUT2D eigenvalue weighted by molar-refractivity contribution is 0.188. The average molecular weight is 559 g/mol. The van der Waals surface area contributed by atoms with E-state index < -0.39 is 0 Å². The van der Waals surface area contributed by atoms with E-state index in [0.29, 0.717) is 19.1 Å². The monoisotopic (exact) mass is 558 g/mol. The van der Waals surface area contributed by atoms with Crippen LogP contribution in [-0.2, 0) is 11.3 Å². The fourth-order valence-electron chi connectivity index (χ4n) is 3.23. The van der Waals surface area contributed by atoms with Crippen LogP contribution in [0, 0.1) is 3.57 Å². The minimum absolute atomic E-state index is 0.423. The highest BCUT2D eigenvalue weighted by atomic mass is 127. The Morgan fingerprint density at radius 1 is 1.11 bits per heavy atom. The Morgan fingerprint density at radius 2 is 1.82 bits per heavy atom. The molecule has 0 atom stereocenters. The number of halogens is 2. The molecule has 0 aliphatic rings. The Labute approximate surface area is 187 Å². The highest BCUT2D eigenvalue weighted by Gasteiger charge is 2.22. The van der Waals surface area contributed by atoms with Crippen LogP contribution in [0.5, 0.6) is 11.5 Å². The van der Waals surface area contributed by atoms with Crippen molar-refractivity contribution >= 4 is 49.6 Å². The quantitative estimate of drug-likeness (QED) is 0.341. The topological polar surface area (TPSA) is 45.5 Å². The van der Waals surface area contributed by atoms with Crippen LogP contribution in [0.3, 0.4) is 0 Å². The van der Waals surface area contributed by atoms with Gasteiger partial charge in [0.2, 0.25) is 0 Å². The van der Waals surface area contributed by atoms with Crippen LogP contribution < -0.4 is 9.47 Å². The number of benzene rings is 2. The predicted molar refractivity (Wildman–Crippen MR) is 125 cm³/mol. The van der Waals surface area contributed by atoms with Gasteiger partial charge in [0.1, 0.15) is 28.4 Å². The summed E-state index contributed by atoms with van der Waals surface area (Å²) < 4.78 is 20.9. The number of imidazole rings is 1. The first-order valence-corrected chi connectivity index (χ1v) is 10.9. The van der Waals surface area contributed by atoms with Gasteiger partial charge < -0.3 is 18.8 Å². The molecule has 1 heterocycles. The molecular weight excluding hydrogens is 535 g/mol. The number of hydrogen-bond donors (Lipinski definition) is 0. The van der Waals surface area contributed by atoms with Crippen LogP contribution in [0.25, 0.3) is 22.4 Å². The lowest BCUT2D eigenvalue weighted by Crippen LogP contribution is -2.07. The number of methoxy groups -OCH3 is 3. The van der Waals surface area contributed by atoms with Gasteiger partial charge in [0.15, 0.2) is 0 Å². The summed E-state index contributed by atoms with van der Waals surface area (Å²) in [7, 11) is 5.08. The highest BCUT2D eigenvalue weighted by molar-refractivity contribution is 14.1. The molecule has 3 rings (SSSR count). The summed E-state index contributed by atoms with van der Waals surface area (Å²) in [5.74, 6) is 2.85. The molecule has 2 aromatic carbocycles. The van der Waals surface area contributed by atoms with E-state index in [1.165, 1.54) is 5.56 Å². The number of fused-ring (bicyclic) bond motifs is 1. The number of nitrogens with zero attached hydrogens (tertiary/aromatic N) is 2. The lowest BCUT2D eigenvalue weighted by Gasteiger charge is -2.15. The molecule has 0 N–H and O–H groups in total. The van der Waals surface area contributed by atoms with Crippen LogP contribution >= 0.6 is 38.5 Å². The third-order valence-electron chi connectivity index (χ3n) is 4.75. The van der Waals surface area contributed by atoms with Gasteiger partial charge >= 0.3 is 0 Å². The molecule has 0 saturated heterocycles. The smallest absolute Gasteiger partial charge is 0.145 e. The van der Waals surface area contributed by atoms with Gasteiger partial charge in [-0.2, -0.15) is 0 Å². The summed E-state index contributed by atoms with van der Waals surface area (Å²) in [4.78, 5) is 5.00. The maximum absolute atomic E-state index is 5.73. The molecule has 28 heavy (non-hydrogen) atoms. The largest absolute Gasteiger partial charge is 0.496 e. The van der Waals surface area contributed by atoms with E-state index in [-0.39, 0.29) is 0 Å². The first-order chi connectivity index (χ1) is 13.4. The molecule has 3 aromatic rings. The van der Waals surface area contributed by atoms with E-state index in [0.717, 1.165) is 42.0 Å². The molecule has 5 nitrogen and oxygen atoms in total. The fourth-order valence-corrected chi connectivity index (χ4v) is 4.16. The van der Waals surface area contributed by atoms with E-state index in [2.05, 4.69) is 75.1 Å². The standard InChI is InChI=1S/C21H24BrIN2O3/c1-12(2)13-6-7-14(16(10-13)27-4)21-24-19-18(23)15(22)11-17(28-5)20(19)25(21)8-9-26-3/h6-7,10-12H,8-9H2,1-5H3. The van der Waals surface area contributed by atoms with Crippen LogP contribution in [0.2, 0.25) is 0 Å². The summed E-state index contributed by atoms with van der Waals surface area (Å²) in [6.45, 7) is 5.58. The molecule has 0 fully saturated rings. The molecule has 0 aliphatic carbocycles. The third-order valence-corrected chi connectivity index (χ3v) is 7.21. The summed E-state index contributed by atoms with van der Waals surface area (Å²) >= 11 is 5.93. The predicted octanol–water partition coefficient (Wildman–Crippen LogP) is 5.86. The van der Waals surface area contributed by atoms with Crippen molar-refractivity contribution in [1.29, 1.82) is 0 Å². The maximum Gasteiger partial charge on any atom is 0.145 e. The van der Waals surface area contributed by atoms with Crippen molar-refractivity contribution in [3.05, 3.63) is 37.9 Å². The highest BCUT2D eigenvalue weighted by Crippen LogP contribution is 2.40. The molecule has 0 aliphatic heterocycles. The van der Waals surface area contributed by atoms with E-state index in [1.807, 2.05) is 6.07 Å². The molecule has 0 amide bonds. The van der Waals surface area contributed by atoms with Gasteiger partial charge in [0.05, 0.1) is 30.0 Å². The van der Waals surface area contributed by atoms with Gasteiger partial charge in [-0.3, -0.25) is 0 Å². The van der Waals surface area contributed by atoms with Crippen LogP contribution in [-0.4, -0.2) is 37.5 Å². The SMILES string of the molecule is COCCn1c(-c2ccc(C(C)C)cc2OC)nc2c(I)c(Br)cc(OC)c21. The van der Waals surface area contributed by atoms with Crippen molar-refractivity contribution in [3.63, 3.8) is 0 Å². The fraction of sp³-hybridized carbons (Fsp3) is 0.381. The van der Waals surface area contributed by atoms with Crippen LogP contribution in [0.15, 0.2) is 28.7 Å². The van der Waals surface area contributed by atoms with Gasteiger partial charge in [-0.15, -0.1) is 0 Å². The Kier molecular flexibility index (Phi) is 6.88. The van der Waals surface area contributed by atoms with Crippen molar-refractivity contribution in [2.45, 2.75) is 26.3 Å². The normalized spacial score (nSPS) is 11.4. The Balaban J connectivity index is 2.33. The van der Waals surface area contributed by atoms with Crippen molar-refractivity contribution in [3.8, 4) is 22.9 Å². The van der Waals surface area contributed by atoms with Gasteiger partial charge in [-0.05, 0) is 68.2 Å². The van der Waals surface area contributed by atoms with E-state index in [9.17, 15) is 0 Å². The molecule has 0 unspecified atom stereocenters. The van der Waals surface area contributed by atoms with E-state index in [4.69, 9.17) is 19.2 Å². The molecule has 1 aromatic heterocycles. The molecule has 0 radical (unpaired) electrons. The Morgan fingerprint density at radius 3 is 2.43 bits per heavy atom. The molecule has 7 heteroatoms. The van der Waals surface area contributed by atoms with Crippen molar-refractivity contribution in [1.82, 2.24) is 9.55 Å². The Hall–Kier alpha value is -1.32. The van der Waals surface area contributed by atoms with Crippen LogP contribution in [0.4, 0.5) is 0 Å². The molecule has 0 saturated carbocycles. The second-order valence-corrected chi connectivity index (χ2v) is 8.70. The first kappa shape index (κ1) is 21.4. The number of ether oxygens (including phenoxy) is 3. The summed E-state index contributed by atoms with van der Waals surface area (Å²) in [6, 6.07) is 8.31. The maximum atomic E-state index is 5.73. The minimum Gasteiger partial charge on any atom is -0.496 e. The second kappa shape index (κ2) is 9.00. The zero-order valence-corrected chi connectivity index (χ0v) is 20.4. The zero-order valence-electron chi connectivity index (χ0n) is 16.7. The molecular formula is C21H24BrIN2O3. The van der Waals surface area contributed by atoms with Crippen molar-refractivity contribution in [2.75, 3.05) is 27.9 Å². The van der Waals surface area contributed by atoms with Crippen molar-refractivity contribution < 1.29 is 14.2 Å². The summed E-state index contributed by atoms with van der Waals surface area (Å²) in [5.41, 5.74) is 4.04. The summed E-state index contributed by atoms with van der Waals surface area (Å²) in [6.07, 6.45) is 0. The van der Waals surface area contributed by atoms with Crippen molar-refractivity contribution in [2.24, 2.45) is 0 Å². The third kappa shape index (κ3) is 3.89. The first-order valence-electron chi connectivity index (χ1n) is 9.02. The molecule has 0 spiro atoms. The van der Waals surface area contributed by atoms with Gasteiger partial charge in [0, 0.05) is 18.1 Å². The Bertz CT molecular complexity index is 1000. The van der Waals surface area contributed by atoms with Gasteiger partial charge in [-0.1, -0.05) is 19.9 Å². The number of rotatable bonds is 7. The van der Waals surface area contributed by atoms with Crippen LogP contribution in [0.1, 0.15) is 25.3 Å². The van der Waals surface area contributed by atoms with E-state index in [1.54, 1.807) is 21.3 Å². The number of hydrogen-bond acceptors (Lipinski definition) is 4. The zero-order chi connectivity index (χ0) is 20.4. The minimum atomic E-state index is 0.423. The van der Waals surface area contributed by atoms with Gasteiger partial charge in [0.25, 0.3) is 0 Å². The second-order valence-electron chi connectivity index (χ2n) is 6.77. The molecule has 0 bridgehead atoms.